The average Bonchev–Trinajstić information content (AvgIpc) is 2.57. The maximum Gasteiger partial charge on any atom is 0.115 e. The van der Waals surface area contributed by atoms with Crippen molar-refractivity contribution in [3.05, 3.63) is 29.8 Å². The molecule has 0 bridgehead atoms. The molecule has 2 unspecified atom stereocenters. The van der Waals surface area contributed by atoms with E-state index in [2.05, 4.69) is 13.8 Å². The van der Waals surface area contributed by atoms with Crippen LogP contribution in [0, 0.1) is 10.8 Å². The first-order valence-corrected chi connectivity index (χ1v) is 6.56. The van der Waals surface area contributed by atoms with Gasteiger partial charge in [-0.2, -0.15) is 0 Å². The fraction of sp³-hybridized carbons (Fsp3) is 0.600. The molecule has 1 aromatic rings. The number of aliphatic hydroxyl groups is 1. The van der Waals surface area contributed by atoms with E-state index in [9.17, 15) is 10.2 Å². The smallest absolute Gasteiger partial charge is 0.115 e. The normalized spacial score (nSPS) is 30.6. The number of nitrogens with two attached hydrogens (primary N) is 1. The van der Waals surface area contributed by atoms with Gasteiger partial charge in [0.2, 0.25) is 0 Å². The molecule has 0 aromatic heterocycles. The summed E-state index contributed by atoms with van der Waals surface area (Å²) in [6.07, 6.45) is 2.36. The third kappa shape index (κ3) is 2.25. The molecular formula is C15H23NO2. The van der Waals surface area contributed by atoms with Gasteiger partial charge in [-0.15, -0.1) is 0 Å². The van der Waals surface area contributed by atoms with Crippen molar-refractivity contribution in [1.29, 1.82) is 0 Å². The second-order valence-corrected chi connectivity index (χ2v) is 6.30. The van der Waals surface area contributed by atoms with Crippen LogP contribution >= 0.6 is 0 Å². The molecule has 0 radical (unpaired) electrons. The zero-order valence-corrected chi connectivity index (χ0v) is 11.2. The van der Waals surface area contributed by atoms with Crippen molar-refractivity contribution >= 4 is 0 Å². The number of rotatable bonds is 3. The fourth-order valence-electron chi connectivity index (χ4n) is 3.16. The topological polar surface area (TPSA) is 66.5 Å². The lowest BCUT2D eigenvalue weighted by molar-refractivity contribution is -0.00464. The standard InChI is InChI=1S/C15H23NO2/c1-14(2)7-8-15(10-16,13(14)18)9-11-3-5-12(17)6-4-11/h3-6,13,17-18H,7-10,16H2,1-2H3. The predicted molar refractivity (Wildman–Crippen MR) is 72.3 cm³/mol. The Balaban J connectivity index is 2.22. The minimum absolute atomic E-state index is 0.0592. The highest BCUT2D eigenvalue weighted by Gasteiger charge is 2.50. The number of aromatic hydroxyl groups is 1. The molecule has 18 heavy (non-hydrogen) atoms. The molecule has 0 amide bonds. The summed E-state index contributed by atoms with van der Waals surface area (Å²) in [6.45, 7) is 4.70. The number of aliphatic hydroxyl groups excluding tert-OH is 1. The van der Waals surface area contributed by atoms with E-state index in [1.807, 2.05) is 12.1 Å². The SMILES string of the molecule is CC1(C)CCC(CN)(Cc2ccc(O)cc2)C1O. The Morgan fingerprint density at radius 3 is 2.28 bits per heavy atom. The van der Waals surface area contributed by atoms with Gasteiger partial charge in [0.25, 0.3) is 0 Å². The van der Waals surface area contributed by atoms with Crippen molar-refractivity contribution in [2.24, 2.45) is 16.6 Å². The minimum Gasteiger partial charge on any atom is -0.508 e. The van der Waals surface area contributed by atoms with Crippen LogP contribution < -0.4 is 5.73 Å². The summed E-state index contributed by atoms with van der Waals surface area (Å²) >= 11 is 0. The zero-order chi connectivity index (χ0) is 13.4. The van der Waals surface area contributed by atoms with E-state index in [1.54, 1.807) is 12.1 Å². The molecule has 1 aliphatic carbocycles. The Kier molecular flexibility index (Phi) is 3.39. The quantitative estimate of drug-likeness (QED) is 0.768. The monoisotopic (exact) mass is 249 g/mol. The number of hydrogen-bond donors (Lipinski definition) is 3. The Morgan fingerprint density at radius 2 is 1.83 bits per heavy atom. The molecule has 2 atom stereocenters. The maximum atomic E-state index is 10.6. The van der Waals surface area contributed by atoms with E-state index in [1.165, 1.54) is 0 Å². The highest BCUT2D eigenvalue weighted by Crippen LogP contribution is 2.50. The van der Waals surface area contributed by atoms with E-state index in [0.717, 1.165) is 24.8 Å². The van der Waals surface area contributed by atoms with Crippen LogP contribution in [0.15, 0.2) is 24.3 Å². The van der Waals surface area contributed by atoms with Crippen molar-refractivity contribution in [3.8, 4) is 5.75 Å². The lowest BCUT2D eigenvalue weighted by atomic mass is 9.74. The summed E-state index contributed by atoms with van der Waals surface area (Å²) in [7, 11) is 0. The number of hydrogen-bond acceptors (Lipinski definition) is 3. The van der Waals surface area contributed by atoms with Gasteiger partial charge < -0.3 is 15.9 Å². The third-order valence-electron chi connectivity index (χ3n) is 4.49. The van der Waals surface area contributed by atoms with Crippen LogP contribution in [0.4, 0.5) is 0 Å². The first kappa shape index (κ1) is 13.4. The van der Waals surface area contributed by atoms with Crippen molar-refractivity contribution in [2.45, 2.75) is 39.2 Å². The van der Waals surface area contributed by atoms with Crippen molar-refractivity contribution in [1.82, 2.24) is 0 Å². The fourth-order valence-corrected chi connectivity index (χ4v) is 3.16. The van der Waals surface area contributed by atoms with E-state index < -0.39 is 0 Å². The maximum absolute atomic E-state index is 10.6. The van der Waals surface area contributed by atoms with E-state index in [-0.39, 0.29) is 22.7 Å². The molecule has 2 rings (SSSR count). The molecule has 0 aliphatic heterocycles. The largest absolute Gasteiger partial charge is 0.508 e. The van der Waals surface area contributed by atoms with Gasteiger partial charge in [-0.05, 0) is 42.4 Å². The van der Waals surface area contributed by atoms with Gasteiger partial charge >= 0.3 is 0 Å². The van der Waals surface area contributed by atoms with Gasteiger partial charge in [0.15, 0.2) is 0 Å². The van der Waals surface area contributed by atoms with Crippen LogP contribution in [0.3, 0.4) is 0 Å². The lowest BCUT2D eigenvalue weighted by Gasteiger charge is -2.36. The average molecular weight is 249 g/mol. The van der Waals surface area contributed by atoms with Crippen LogP contribution in [0.1, 0.15) is 32.3 Å². The first-order chi connectivity index (χ1) is 8.39. The second-order valence-electron chi connectivity index (χ2n) is 6.30. The van der Waals surface area contributed by atoms with Gasteiger partial charge in [0.1, 0.15) is 5.75 Å². The molecular weight excluding hydrogens is 226 g/mol. The van der Waals surface area contributed by atoms with Gasteiger partial charge in [-0.1, -0.05) is 26.0 Å². The first-order valence-electron chi connectivity index (χ1n) is 6.56. The molecule has 1 fully saturated rings. The predicted octanol–water partition coefficient (Wildman–Crippen LogP) is 2.06. The van der Waals surface area contributed by atoms with E-state index in [0.29, 0.717) is 6.54 Å². The molecule has 100 valence electrons. The Bertz CT molecular complexity index is 413. The summed E-state index contributed by atoms with van der Waals surface area (Å²) in [5, 5.41) is 19.9. The van der Waals surface area contributed by atoms with E-state index in [4.69, 9.17) is 5.73 Å². The van der Waals surface area contributed by atoms with Crippen LogP contribution in [0.5, 0.6) is 5.75 Å². The molecule has 3 heteroatoms. The number of phenols is 1. The number of benzene rings is 1. The minimum atomic E-state index is -0.371. The van der Waals surface area contributed by atoms with Crippen LogP contribution in [0.2, 0.25) is 0 Å². The summed E-state index contributed by atoms with van der Waals surface area (Å²) in [4.78, 5) is 0. The number of phenolic OH excluding ortho intramolecular Hbond substituents is 1. The summed E-state index contributed by atoms with van der Waals surface area (Å²) < 4.78 is 0. The molecule has 0 spiro atoms. The second kappa shape index (κ2) is 4.56. The third-order valence-corrected chi connectivity index (χ3v) is 4.49. The molecule has 0 heterocycles. The molecule has 1 aromatic carbocycles. The van der Waals surface area contributed by atoms with Crippen molar-refractivity contribution in [3.63, 3.8) is 0 Å². The highest BCUT2D eigenvalue weighted by atomic mass is 16.3. The van der Waals surface area contributed by atoms with Gasteiger partial charge in [-0.3, -0.25) is 0 Å². The van der Waals surface area contributed by atoms with Crippen LogP contribution in [-0.2, 0) is 6.42 Å². The van der Waals surface area contributed by atoms with Gasteiger partial charge in [0, 0.05) is 12.0 Å². The Hall–Kier alpha value is -1.06. The van der Waals surface area contributed by atoms with Gasteiger partial charge in [0.05, 0.1) is 6.10 Å². The summed E-state index contributed by atoms with van der Waals surface area (Å²) in [5.74, 6) is 0.271. The molecule has 3 nitrogen and oxygen atoms in total. The Morgan fingerprint density at radius 1 is 1.22 bits per heavy atom. The van der Waals surface area contributed by atoms with Crippen LogP contribution in [-0.4, -0.2) is 22.9 Å². The van der Waals surface area contributed by atoms with Crippen molar-refractivity contribution < 1.29 is 10.2 Å². The molecule has 0 saturated heterocycles. The Labute approximate surface area is 109 Å². The molecule has 4 N–H and O–H groups in total. The molecule has 1 saturated carbocycles. The lowest BCUT2D eigenvalue weighted by Crippen LogP contribution is -2.44. The van der Waals surface area contributed by atoms with Gasteiger partial charge in [-0.25, -0.2) is 0 Å². The summed E-state index contributed by atoms with van der Waals surface area (Å²) in [6, 6.07) is 7.19. The highest BCUT2D eigenvalue weighted by molar-refractivity contribution is 5.27. The summed E-state index contributed by atoms with van der Waals surface area (Å²) in [5.41, 5.74) is 6.79. The van der Waals surface area contributed by atoms with Crippen molar-refractivity contribution in [2.75, 3.05) is 6.54 Å². The van der Waals surface area contributed by atoms with E-state index >= 15 is 0 Å². The molecule has 1 aliphatic rings. The zero-order valence-electron chi connectivity index (χ0n) is 11.2. The van der Waals surface area contributed by atoms with Crippen LogP contribution in [0.25, 0.3) is 0 Å².